The Kier molecular flexibility index (Phi) is 4.19. The summed E-state index contributed by atoms with van der Waals surface area (Å²) in [5.41, 5.74) is 13.6. The summed E-state index contributed by atoms with van der Waals surface area (Å²) in [6.07, 6.45) is 3.19. The molecule has 4 N–H and O–H groups in total. The lowest BCUT2D eigenvalue weighted by atomic mass is 10.1. The smallest absolute Gasteiger partial charge is 0.248 e. The van der Waals surface area contributed by atoms with Crippen LogP contribution < -0.4 is 11.5 Å². The van der Waals surface area contributed by atoms with Crippen molar-refractivity contribution in [3.63, 3.8) is 0 Å². The number of benzene rings is 1. The quantitative estimate of drug-likeness (QED) is 0.687. The molecule has 0 unspecified atom stereocenters. The first-order valence-electron chi connectivity index (χ1n) is 8.69. The van der Waals surface area contributed by atoms with Gasteiger partial charge < -0.3 is 20.9 Å². The highest BCUT2D eigenvalue weighted by molar-refractivity contribution is 5.93. The van der Waals surface area contributed by atoms with E-state index in [4.69, 9.17) is 11.5 Å². The molecule has 2 amide bonds. The molecule has 1 aromatic carbocycles. The van der Waals surface area contributed by atoms with E-state index in [1.807, 2.05) is 9.47 Å². The van der Waals surface area contributed by atoms with Crippen LogP contribution in [0.2, 0.25) is 0 Å². The number of carbonyl (C=O) groups is 2. The average molecular weight is 365 g/mol. The zero-order chi connectivity index (χ0) is 19.0. The predicted octanol–water partition coefficient (Wildman–Crippen LogP) is 0.797. The van der Waals surface area contributed by atoms with Crippen molar-refractivity contribution in [2.75, 3.05) is 18.8 Å². The van der Waals surface area contributed by atoms with Crippen molar-refractivity contribution >= 4 is 28.8 Å². The monoisotopic (exact) mass is 365 g/mol. The van der Waals surface area contributed by atoms with Gasteiger partial charge in [-0.3, -0.25) is 9.59 Å². The molecule has 3 aromatic rings. The molecule has 1 saturated heterocycles. The standard InChI is InChI=1S/C18H19N7O2/c19-15-14-18(25(10-21-14)9-8-24-7-1-2-13(24)26)23-17(22-15)12-5-3-11(4-6-12)16(20)27/h3-6,10H,1-2,7-9H2,(H2,20,27)(H2,19,22,23). The predicted molar refractivity (Wildman–Crippen MR) is 99.5 cm³/mol. The van der Waals surface area contributed by atoms with Crippen molar-refractivity contribution in [3.05, 3.63) is 36.2 Å². The number of nitrogens with two attached hydrogens (primary N) is 2. The second kappa shape index (κ2) is 6.67. The summed E-state index contributed by atoms with van der Waals surface area (Å²) in [6, 6.07) is 6.70. The summed E-state index contributed by atoms with van der Waals surface area (Å²) in [5.74, 6) is 0.413. The van der Waals surface area contributed by atoms with E-state index < -0.39 is 5.91 Å². The highest BCUT2D eigenvalue weighted by atomic mass is 16.2. The number of hydrogen-bond acceptors (Lipinski definition) is 6. The minimum absolute atomic E-state index is 0.184. The lowest BCUT2D eigenvalue weighted by molar-refractivity contribution is -0.127. The van der Waals surface area contributed by atoms with Crippen molar-refractivity contribution < 1.29 is 9.59 Å². The van der Waals surface area contributed by atoms with Crippen LogP contribution in [0.25, 0.3) is 22.6 Å². The van der Waals surface area contributed by atoms with Crippen LogP contribution in [0, 0.1) is 0 Å². The van der Waals surface area contributed by atoms with Gasteiger partial charge in [-0.05, 0) is 18.6 Å². The van der Waals surface area contributed by atoms with Crippen LogP contribution in [-0.4, -0.2) is 49.3 Å². The van der Waals surface area contributed by atoms with E-state index >= 15 is 0 Å². The average Bonchev–Trinajstić information content (AvgIpc) is 3.26. The SMILES string of the molecule is NC(=O)c1ccc(-c2nc(N)c3ncn(CCN4CCCC4=O)c3n2)cc1. The fourth-order valence-corrected chi connectivity index (χ4v) is 3.21. The maximum absolute atomic E-state index is 11.8. The number of primary amides is 1. The first kappa shape index (κ1) is 17.0. The molecule has 9 heteroatoms. The van der Waals surface area contributed by atoms with Crippen LogP contribution >= 0.6 is 0 Å². The van der Waals surface area contributed by atoms with E-state index in [2.05, 4.69) is 15.0 Å². The number of likely N-dealkylation sites (tertiary alicyclic amines) is 1. The number of imidazole rings is 1. The van der Waals surface area contributed by atoms with Crippen LogP contribution in [0.4, 0.5) is 5.82 Å². The Morgan fingerprint density at radius 3 is 2.59 bits per heavy atom. The fraction of sp³-hybridized carbons (Fsp3) is 0.278. The number of fused-ring (bicyclic) bond motifs is 1. The number of nitrogen functional groups attached to an aromatic ring is 1. The Morgan fingerprint density at radius 1 is 1.15 bits per heavy atom. The molecule has 1 aliphatic heterocycles. The molecule has 27 heavy (non-hydrogen) atoms. The topological polar surface area (TPSA) is 133 Å². The van der Waals surface area contributed by atoms with Crippen LogP contribution in [0.3, 0.4) is 0 Å². The molecule has 2 aromatic heterocycles. The number of rotatable bonds is 5. The number of carbonyl (C=O) groups excluding carboxylic acids is 2. The molecule has 0 radical (unpaired) electrons. The summed E-state index contributed by atoms with van der Waals surface area (Å²) < 4.78 is 1.88. The number of hydrogen-bond donors (Lipinski definition) is 2. The largest absolute Gasteiger partial charge is 0.382 e. The third-order valence-electron chi connectivity index (χ3n) is 4.70. The first-order chi connectivity index (χ1) is 13.0. The minimum atomic E-state index is -0.494. The Morgan fingerprint density at radius 2 is 1.93 bits per heavy atom. The molecule has 3 heterocycles. The van der Waals surface area contributed by atoms with Gasteiger partial charge in [0.1, 0.15) is 5.52 Å². The molecule has 4 rings (SSSR count). The van der Waals surface area contributed by atoms with Gasteiger partial charge in [0.15, 0.2) is 17.3 Å². The van der Waals surface area contributed by atoms with E-state index in [1.165, 1.54) is 0 Å². The Balaban J connectivity index is 1.65. The second-order valence-corrected chi connectivity index (χ2v) is 6.47. The van der Waals surface area contributed by atoms with Crippen molar-refractivity contribution in [1.29, 1.82) is 0 Å². The van der Waals surface area contributed by atoms with Gasteiger partial charge in [-0.1, -0.05) is 12.1 Å². The lowest BCUT2D eigenvalue weighted by Gasteiger charge is -2.15. The summed E-state index contributed by atoms with van der Waals surface area (Å²) in [4.78, 5) is 38.1. The third-order valence-corrected chi connectivity index (χ3v) is 4.70. The maximum atomic E-state index is 11.8. The lowest BCUT2D eigenvalue weighted by Crippen LogP contribution is -2.28. The van der Waals surface area contributed by atoms with Crippen LogP contribution in [-0.2, 0) is 11.3 Å². The minimum Gasteiger partial charge on any atom is -0.382 e. The van der Waals surface area contributed by atoms with Gasteiger partial charge in [0.2, 0.25) is 11.8 Å². The van der Waals surface area contributed by atoms with Gasteiger partial charge in [-0.2, -0.15) is 0 Å². The molecular weight excluding hydrogens is 346 g/mol. The molecule has 0 spiro atoms. The summed E-state index contributed by atoms with van der Waals surface area (Å²) in [5, 5.41) is 0. The number of amides is 2. The zero-order valence-electron chi connectivity index (χ0n) is 14.6. The highest BCUT2D eigenvalue weighted by Crippen LogP contribution is 2.23. The van der Waals surface area contributed by atoms with Crippen molar-refractivity contribution in [3.8, 4) is 11.4 Å². The Hall–Kier alpha value is -3.49. The Labute approximate surface area is 155 Å². The summed E-state index contributed by atoms with van der Waals surface area (Å²) in [6.45, 7) is 1.98. The van der Waals surface area contributed by atoms with Gasteiger partial charge in [0.25, 0.3) is 0 Å². The van der Waals surface area contributed by atoms with Crippen molar-refractivity contribution in [2.45, 2.75) is 19.4 Å². The van der Waals surface area contributed by atoms with Crippen LogP contribution in [0.5, 0.6) is 0 Å². The molecule has 9 nitrogen and oxygen atoms in total. The molecular formula is C18H19N7O2. The fourth-order valence-electron chi connectivity index (χ4n) is 3.21. The van der Waals surface area contributed by atoms with E-state index in [-0.39, 0.29) is 11.7 Å². The molecule has 0 bridgehead atoms. The molecule has 0 atom stereocenters. The highest BCUT2D eigenvalue weighted by Gasteiger charge is 2.20. The summed E-state index contributed by atoms with van der Waals surface area (Å²) >= 11 is 0. The molecule has 1 fully saturated rings. The zero-order valence-corrected chi connectivity index (χ0v) is 14.6. The van der Waals surface area contributed by atoms with E-state index in [1.54, 1.807) is 30.6 Å². The number of nitrogens with zero attached hydrogens (tertiary/aromatic N) is 5. The maximum Gasteiger partial charge on any atom is 0.248 e. The van der Waals surface area contributed by atoms with E-state index in [0.29, 0.717) is 42.1 Å². The Bertz CT molecular complexity index is 1030. The normalized spacial score (nSPS) is 14.2. The van der Waals surface area contributed by atoms with Gasteiger partial charge in [-0.15, -0.1) is 0 Å². The number of anilines is 1. The van der Waals surface area contributed by atoms with Gasteiger partial charge in [0.05, 0.1) is 6.33 Å². The molecule has 0 aliphatic carbocycles. The van der Waals surface area contributed by atoms with E-state index in [0.717, 1.165) is 18.5 Å². The number of aromatic nitrogens is 4. The molecule has 0 saturated carbocycles. The second-order valence-electron chi connectivity index (χ2n) is 6.47. The molecule has 1 aliphatic rings. The molecule has 138 valence electrons. The van der Waals surface area contributed by atoms with Gasteiger partial charge >= 0.3 is 0 Å². The van der Waals surface area contributed by atoms with Gasteiger partial charge in [0, 0.05) is 37.2 Å². The third kappa shape index (κ3) is 3.19. The van der Waals surface area contributed by atoms with Crippen LogP contribution in [0.15, 0.2) is 30.6 Å². The van der Waals surface area contributed by atoms with E-state index in [9.17, 15) is 9.59 Å². The summed E-state index contributed by atoms with van der Waals surface area (Å²) in [7, 11) is 0. The van der Waals surface area contributed by atoms with Gasteiger partial charge in [-0.25, -0.2) is 15.0 Å². The van der Waals surface area contributed by atoms with Crippen molar-refractivity contribution in [2.24, 2.45) is 5.73 Å². The van der Waals surface area contributed by atoms with Crippen LogP contribution in [0.1, 0.15) is 23.2 Å². The first-order valence-corrected chi connectivity index (χ1v) is 8.69. The van der Waals surface area contributed by atoms with Crippen molar-refractivity contribution in [1.82, 2.24) is 24.4 Å².